The van der Waals surface area contributed by atoms with Crippen molar-refractivity contribution in [2.24, 2.45) is 11.8 Å². The first kappa shape index (κ1) is 12.6. The summed E-state index contributed by atoms with van der Waals surface area (Å²) in [5, 5.41) is 2.97. The van der Waals surface area contributed by atoms with Gasteiger partial charge in [0.05, 0.1) is 0 Å². The van der Waals surface area contributed by atoms with E-state index in [-0.39, 0.29) is 5.91 Å². The van der Waals surface area contributed by atoms with Crippen molar-refractivity contribution in [3.05, 3.63) is 28.5 Å². The van der Waals surface area contributed by atoms with Gasteiger partial charge >= 0.3 is 0 Å². The molecule has 1 fully saturated rings. The van der Waals surface area contributed by atoms with Gasteiger partial charge < -0.3 is 5.32 Å². The van der Waals surface area contributed by atoms with Crippen LogP contribution in [0.3, 0.4) is 0 Å². The number of carbonyl (C=O) groups excluding carboxylic acids is 1. The molecule has 0 radical (unpaired) electrons. The molecule has 0 aliphatic heterocycles. The van der Waals surface area contributed by atoms with Crippen LogP contribution < -0.4 is 5.32 Å². The molecular weight excluding hydrogens is 280 g/mol. The van der Waals surface area contributed by atoms with E-state index in [4.69, 9.17) is 0 Å². The fourth-order valence-corrected chi connectivity index (χ4v) is 2.72. The van der Waals surface area contributed by atoms with Crippen molar-refractivity contribution in [1.82, 2.24) is 10.3 Å². The summed E-state index contributed by atoms with van der Waals surface area (Å²) in [5.74, 6) is 1.37. The van der Waals surface area contributed by atoms with E-state index in [0.29, 0.717) is 16.2 Å². The van der Waals surface area contributed by atoms with Crippen LogP contribution in [-0.2, 0) is 0 Å². The van der Waals surface area contributed by atoms with Crippen LogP contribution in [0.15, 0.2) is 22.8 Å². The van der Waals surface area contributed by atoms with E-state index in [1.54, 1.807) is 6.07 Å². The summed E-state index contributed by atoms with van der Waals surface area (Å²) >= 11 is 3.26. The van der Waals surface area contributed by atoms with E-state index in [9.17, 15) is 4.79 Å². The molecule has 0 bridgehead atoms. The highest BCUT2D eigenvalue weighted by molar-refractivity contribution is 9.10. The summed E-state index contributed by atoms with van der Waals surface area (Å²) in [7, 11) is 0. The maximum absolute atomic E-state index is 11.8. The van der Waals surface area contributed by atoms with Crippen molar-refractivity contribution in [3.8, 4) is 0 Å². The zero-order chi connectivity index (χ0) is 12.3. The van der Waals surface area contributed by atoms with Crippen molar-refractivity contribution in [3.63, 3.8) is 0 Å². The van der Waals surface area contributed by atoms with Gasteiger partial charge in [0.25, 0.3) is 5.91 Å². The average molecular weight is 297 g/mol. The standard InChI is InChI=1S/C13H17BrN2O/c1-9-5-6-10(7-9)8-15-13(17)11-3-2-4-12(14)16-11/h2-4,9-10H,5-8H2,1H3,(H,15,17). The van der Waals surface area contributed by atoms with Gasteiger partial charge in [0.15, 0.2) is 0 Å². The van der Waals surface area contributed by atoms with E-state index in [1.807, 2.05) is 12.1 Å². The molecule has 0 aromatic carbocycles. The Morgan fingerprint density at radius 1 is 1.53 bits per heavy atom. The molecule has 92 valence electrons. The van der Waals surface area contributed by atoms with Crippen molar-refractivity contribution in [2.75, 3.05) is 6.54 Å². The summed E-state index contributed by atoms with van der Waals surface area (Å²) in [4.78, 5) is 16.0. The molecule has 17 heavy (non-hydrogen) atoms. The predicted molar refractivity (Wildman–Crippen MR) is 70.8 cm³/mol. The lowest BCUT2D eigenvalue weighted by atomic mass is 10.1. The topological polar surface area (TPSA) is 42.0 Å². The van der Waals surface area contributed by atoms with Crippen LogP contribution in [0, 0.1) is 11.8 Å². The molecule has 0 spiro atoms. The number of hydrogen-bond donors (Lipinski definition) is 1. The predicted octanol–water partition coefficient (Wildman–Crippen LogP) is 3.01. The van der Waals surface area contributed by atoms with Gasteiger partial charge in [-0.3, -0.25) is 4.79 Å². The number of carbonyl (C=O) groups is 1. The molecule has 2 unspecified atom stereocenters. The van der Waals surface area contributed by atoms with Crippen LogP contribution in [0.4, 0.5) is 0 Å². The molecule has 1 aliphatic rings. The first-order valence-electron chi connectivity index (χ1n) is 6.06. The normalized spacial score (nSPS) is 23.6. The zero-order valence-corrected chi connectivity index (χ0v) is 11.5. The molecular formula is C13H17BrN2O. The lowest BCUT2D eigenvalue weighted by Crippen LogP contribution is -2.29. The number of aromatic nitrogens is 1. The van der Waals surface area contributed by atoms with E-state index in [2.05, 4.69) is 33.2 Å². The fraction of sp³-hybridized carbons (Fsp3) is 0.538. The Morgan fingerprint density at radius 3 is 3.00 bits per heavy atom. The Labute approximate surface area is 110 Å². The van der Waals surface area contributed by atoms with Crippen molar-refractivity contribution in [1.29, 1.82) is 0 Å². The minimum atomic E-state index is -0.0779. The van der Waals surface area contributed by atoms with E-state index in [1.165, 1.54) is 19.3 Å². The Bertz CT molecular complexity index is 408. The minimum absolute atomic E-state index is 0.0779. The highest BCUT2D eigenvalue weighted by Gasteiger charge is 2.21. The number of nitrogens with zero attached hydrogens (tertiary/aromatic N) is 1. The molecule has 2 rings (SSSR count). The van der Waals surface area contributed by atoms with E-state index >= 15 is 0 Å². The minimum Gasteiger partial charge on any atom is -0.350 e. The van der Waals surface area contributed by atoms with Crippen LogP contribution >= 0.6 is 15.9 Å². The van der Waals surface area contributed by atoms with Gasteiger partial charge in [0.2, 0.25) is 0 Å². The monoisotopic (exact) mass is 296 g/mol. The van der Waals surface area contributed by atoms with Gasteiger partial charge in [-0.15, -0.1) is 0 Å². The highest BCUT2D eigenvalue weighted by atomic mass is 79.9. The molecule has 0 saturated heterocycles. The van der Waals surface area contributed by atoms with E-state index in [0.717, 1.165) is 12.5 Å². The molecule has 4 heteroatoms. The molecule has 1 heterocycles. The molecule has 2 atom stereocenters. The maximum atomic E-state index is 11.8. The lowest BCUT2D eigenvalue weighted by Gasteiger charge is -2.10. The van der Waals surface area contributed by atoms with Gasteiger partial charge in [-0.25, -0.2) is 4.98 Å². The van der Waals surface area contributed by atoms with Gasteiger partial charge in [-0.1, -0.05) is 19.4 Å². The van der Waals surface area contributed by atoms with Crippen LogP contribution in [0.2, 0.25) is 0 Å². The summed E-state index contributed by atoms with van der Waals surface area (Å²) < 4.78 is 0.694. The second kappa shape index (κ2) is 5.63. The van der Waals surface area contributed by atoms with Gasteiger partial charge in [-0.2, -0.15) is 0 Å². The molecule has 1 aliphatic carbocycles. The molecule has 3 nitrogen and oxygen atoms in total. The Hall–Kier alpha value is -0.900. The maximum Gasteiger partial charge on any atom is 0.269 e. The van der Waals surface area contributed by atoms with E-state index < -0.39 is 0 Å². The number of hydrogen-bond acceptors (Lipinski definition) is 2. The first-order chi connectivity index (χ1) is 8.15. The fourth-order valence-electron chi connectivity index (χ4n) is 2.37. The molecule has 1 aromatic rings. The molecule has 1 aromatic heterocycles. The number of nitrogens with one attached hydrogen (secondary N) is 1. The summed E-state index contributed by atoms with van der Waals surface area (Å²) in [5.41, 5.74) is 0.477. The van der Waals surface area contributed by atoms with Crippen LogP contribution in [0.5, 0.6) is 0 Å². The SMILES string of the molecule is CC1CCC(CNC(=O)c2cccc(Br)n2)C1. The second-order valence-electron chi connectivity index (χ2n) is 4.84. The third-order valence-electron chi connectivity index (χ3n) is 3.30. The number of halogens is 1. The summed E-state index contributed by atoms with van der Waals surface area (Å²) in [6, 6.07) is 5.37. The van der Waals surface area contributed by atoms with Gasteiger partial charge in [0.1, 0.15) is 10.3 Å². The summed E-state index contributed by atoms with van der Waals surface area (Å²) in [6.07, 6.45) is 3.75. The largest absolute Gasteiger partial charge is 0.350 e. The molecule has 1 N–H and O–H groups in total. The Morgan fingerprint density at radius 2 is 2.35 bits per heavy atom. The number of amides is 1. The van der Waals surface area contributed by atoms with Crippen molar-refractivity contribution < 1.29 is 4.79 Å². The van der Waals surface area contributed by atoms with Crippen molar-refractivity contribution in [2.45, 2.75) is 26.2 Å². The third kappa shape index (κ3) is 3.53. The lowest BCUT2D eigenvalue weighted by molar-refractivity contribution is 0.0942. The number of pyridine rings is 1. The zero-order valence-electron chi connectivity index (χ0n) is 9.95. The van der Waals surface area contributed by atoms with Gasteiger partial charge in [-0.05, 0) is 52.7 Å². The second-order valence-corrected chi connectivity index (χ2v) is 5.65. The molecule has 1 saturated carbocycles. The smallest absolute Gasteiger partial charge is 0.269 e. The Balaban J connectivity index is 1.85. The molecule has 1 amide bonds. The Kier molecular flexibility index (Phi) is 4.15. The third-order valence-corrected chi connectivity index (χ3v) is 3.74. The quantitative estimate of drug-likeness (QED) is 0.871. The summed E-state index contributed by atoms with van der Waals surface area (Å²) in [6.45, 7) is 3.05. The van der Waals surface area contributed by atoms with Crippen LogP contribution in [0.1, 0.15) is 36.7 Å². The number of rotatable bonds is 3. The van der Waals surface area contributed by atoms with Crippen LogP contribution in [-0.4, -0.2) is 17.4 Å². The average Bonchev–Trinajstić information content (AvgIpc) is 2.72. The van der Waals surface area contributed by atoms with Crippen molar-refractivity contribution >= 4 is 21.8 Å². The first-order valence-corrected chi connectivity index (χ1v) is 6.85. The van der Waals surface area contributed by atoms with Crippen LogP contribution in [0.25, 0.3) is 0 Å². The highest BCUT2D eigenvalue weighted by Crippen LogP contribution is 2.29. The van der Waals surface area contributed by atoms with Gasteiger partial charge in [0, 0.05) is 6.54 Å².